The van der Waals surface area contributed by atoms with Gasteiger partial charge in [0.15, 0.2) is 0 Å². The van der Waals surface area contributed by atoms with Gasteiger partial charge in [-0.1, -0.05) is 6.92 Å². The number of nitrogens with one attached hydrogen (secondary N) is 1. The molecule has 1 fully saturated rings. The average molecular weight is 410 g/mol. The van der Waals surface area contributed by atoms with Crippen molar-refractivity contribution in [2.75, 3.05) is 4.90 Å². The van der Waals surface area contributed by atoms with Gasteiger partial charge in [0, 0.05) is 23.6 Å². The third-order valence-electron chi connectivity index (χ3n) is 4.37. The highest BCUT2D eigenvalue weighted by molar-refractivity contribution is 8.00. The molecule has 3 N–H and O–H groups in total. The first-order valence-electron chi connectivity index (χ1n) is 8.35. The number of carbonyl (C=O) groups excluding carboxylic acids is 2. The van der Waals surface area contributed by atoms with E-state index in [9.17, 15) is 22.8 Å². The summed E-state index contributed by atoms with van der Waals surface area (Å²) in [5.41, 5.74) is 2.85. The Morgan fingerprint density at radius 2 is 1.93 bits per heavy atom. The number of urea groups is 1. The quantitative estimate of drug-likeness (QED) is 0.583. The highest BCUT2D eigenvalue weighted by atomic mass is 32.2. The van der Waals surface area contributed by atoms with Crippen LogP contribution < -0.4 is 16.0 Å². The number of hydrogen-bond acceptors (Lipinski definition) is 5. The van der Waals surface area contributed by atoms with Gasteiger partial charge in [-0.3, -0.25) is 9.78 Å². The molecule has 3 amide bonds. The number of alkyl halides is 3. The van der Waals surface area contributed by atoms with Crippen LogP contribution in [0, 0.1) is 0 Å². The third kappa shape index (κ3) is 4.28. The van der Waals surface area contributed by atoms with Crippen LogP contribution in [0.2, 0.25) is 0 Å². The summed E-state index contributed by atoms with van der Waals surface area (Å²) in [5, 5.41) is 2.64. The second kappa shape index (κ2) is 7.80. The molecule has 148 valence electrons. The summed E-state index contributed by atoms with van der Waals surface area (Å²) in [6, 6.07) is 7.18. The van der Waals surface area contributed by atoms with Crippen molar-refractivity contribution < 1.29 is 22.8 Å². The van der Waals surface area contributed by atoms with E-state index in [0.717, 1.165) is 10.5 Å². The molecule has 2 aromatic rings. The van der Waals surface area contributed by atoms with Crippen molar-refractivity contribution >= 4 is 29.4 Å². The number of hydrogen-bond donors (Lipinski definition) is 2. The molecule has 3 rings (SSSR count). The number of thioether (sulfide) groups is 1. The SMILES string of the molecule is CC(c1ccnc(CN)c1)C1NC(=O)N(c2ccc(SC(F)(F)F)cc2)C1=O. The number of nitrogens with two attached hydrogens (primary N) is 1. The number of anilines is 1. The molecule has 0 aliphatic carbocycles. The maximum Gasteiger partial charge on any atom is 0.446 e. The van der Waals surface area contributed by atoms with Crippen LogP contribution in [0.1, 0.15) is 24.1 Å². The molecule has 1 saturated heterocycles. The number of imide groups is 1. The smallest absolute Gasteiger partial charge is 0.325 e. The Balaban J connectivity index is 1.79. The maximum atomic E-state index is 12.8. The zero-order valence-electron chi connectivity index (χ0n) is 14.7. The van der Waals surface area contributed by atoms with E-state index in [0.29, 0.717) is 5.69 Å². The number of amides is 3. The van der Waals surface area contributed by atoms with Gasteiger partial charge in [-0.15, -0.1) is 0 Å². The van der Waals surface area contributed by atoms with Crippen LogP contribution in [0.4, 0.5) is 23.7 Å². The third-order valence-corrected chi connectivity index (χ3v) is 5.11. The van der Waals surface area contributed by atoms with E-state index in [1.165, 1.54) is 24.3 Å². The first kappa shape index (κ1) is 20.2. The molecule has 1 aromatic heterocycles. The number of halogens is 3. The van der Waals surface area contributed by atoms with Gasteiger partial charge in [-0.05, 0) is 53.7 Å². The van der Waals surface area contributed by atoms with Crippen LogP contribution in [0.5, 0.6) is 0 Å². The fraction of sp³-hybridized carbons (Fsp3) is 0.278. The van der Waals surface area contributed by atoms with Gasteiger partial charge in [0.05, 0.1) is 11.4 Å². The van der Waals surface area contributed by atoms with E-state index >= 15 is 0 Å². The number of pyridine rings is 1. The van der Waals surface area contributed by atoms with Crippen LogP contribution in [-0.4, -0.2) is 28.5 Å². The Morgan fingerprint density at radius 3 is 2.54 bits per heavy atom. The second-order valence-corrected chi connectivity index (χ2v) is 7.35. The summed E-state index contributed by atoms with van der Waals surface area (Å²) in [5.74, 6) is -0.811. The first-order chi connectivity index (χ1) is 13.2. The van der Waals surface area contributed by atoms with Crippen molar-refractivity contribution in [3.8, 4) is 0 Å². The Labute approximate surface area is 163 Å². The monoisotopic (exact) mass is 410 g/mol. The molecule has 2 unspecified atom stereocenters. The summed E-state index contributed by atoms with van der Waals surface area (Å²) < 4.78 is 37.3. The molecule has 28 heavy (non-hydrogen) atoms. The molecule has 1 aliphatic heterocycles. The highest BCUT2D eigenvalue weighted by Crippen LogP contribution is 2.37. The van der Waals surface area contributed by atoms with E-state index in [-0.39, 0.29) is 34.8 Å². The molecule has 2 heterocycles. The normalized spacial score (nSPS) is 18.3. The standard InChI is InChI=1S/C18H17F3N4O2S/c1-10(11-6-7-23-12(8-11)9-22)15-16(26)25(17(27)24-15)13-2-4-14(5-3-13)28-18(19,20)21/h2-8,10,15H,9,22H2,1H3,(H,24,27). The lowest BCUT2D eigenvalue weighted by Gasteiger charge is -2.19. The number of nitrogens with zero attached hydrogens (tertiary/aromatic N) is 2. The predicted octanol–water partition coefficient (Wildman–Crippen LogP) is 3.38. The Hall–Kier alpha value is -2.59. The van der Waals surface area contributed by atoms with Crippen molar-refractivity contribution in [1.29, 1.82) is 0 Å². The Morgan fingerprint density at radius 1 is 1.25 bits per heavy atom. The largest absolute Gasteiger partial charge is 0.446 e. The average Bonchev–Trinajstić information content (AvgIpc) is 2.95. The lowest BCUT2D eigenvalue weighted by molar-refractivity contribution is -0.118. The minimum atomic E-state index is -4.41. The number of aromatic nitrogens is 1. The van der Waals surface area contributed by atoms with Crippen molar-refractivity contribution in [2.45, 2.75) is 35.8 Å². The molecular weight excluding hydrogens is 393 g/mol. The molecule has 6 nitrogen and oxygen atoms in total. The minimum Gasteiger partial charge on any atom is -0.325 e. The number of benzene rings is 1. The van der Waals surface area contributed by atoms with E-state index in [4.69, 9.17) is 5.73 Å². The van der Waals surface area contributed by atoms with E-state index in [1.807, 2.05) is 0 Å². The van der Waals surface area contributed by atoms with E-state index in [1.54, 1.807) is 25.3 Å². The van der Waals surface area contributed by atoms with Crippen LogP contribution in [-0.2, 0) is 11.3 Å². The van der Waals surface area contributed by atoms with Gasteiger partial charge in [0.2, 0.25) is 0 Å². The molecule has 2 atom stereocenters. The summed E-state index contributed by atoms with van der Waals surface area (Å²) in [7, 11) is 0. The van der Waals surface area contributed by atoms with E-state index < -0.39 is 23.5 Å². The molecule has 0 radical (unpaired) electrons. The lowest BCUT2D eigenvalue weighted by Crippen LogP contribution is -2.35. The molecule has 0 saturated carbocycles. The lowest BCUT2D eigenvalue weighted by atomic mass is 9.93. The molecule has 0 spiro atoms. The second-order valence-electron chi connectivity index (χ2n) is 6.22. The van der Waals surface area contributed by atoms with Gasteiger partial charge in [-0.25, -0.2) is 9.69 Å². The fourth-order valence-corrected chi connectivity index (χ4v) is 3.50. The Kier molecular flexibility index (Phi) is 5.61. The summed E-state index contributed by atoms with van der Waals surface area (Å²) >= 11 is -0.260. The fourth-order valence-electron chi connectivity index (χ4n) is 2.96. The topological polar surface area (TPSA) is 88.3 Å². The molecule has 0 bridgehead atoms. The van der Waals surface area contributed by atoms with Gasteiger partial charge < -0.3 is 11.1 Å². The van der Waals surface area contributed by atoms with Crippen molar-refractivity contribution in [1.82, 2.24) is 10.3 Å². The summed E-state index contributed by atoms with van der Waals surface area (Å²) in [6.45, 7) is 2.05. The Bertz CT molecular complexity index is 889. The van der Waals surface area contributed by atoms with Crippen LogP contribution in [0.3, 0.4) is 0 Å². The van der Waals surface area contributed by atoms with Crippen molar-refractivity contribution in [3.63, 3.8) is 0 Å². The van der Waals surface area contributed by atoms with Gasteiger partial charge in [0.1, 0.15) is 6.04 Å². The van der Waals surface area contributed by atoms with Crippen molar-refractivity contribution in [3.05, 3.63) is 53.9 Å². The summed E-state index contributed by atoms with van der Waals surface area (Å²) in [4.78, 5) is 30.2. The minimum absolute atomic E-state index is 0.0284. The van der Waals surface area contributed by atoms with Gasteiger partial charge >= 0.3 is 11.5 Å². The first-order valence-corrected chi connectivity index (χ1v) is 9.16. The molecule has 1 aromatic carbocycles. The van der Waals surface area contributed by atoms with Gasteiger partial charge in [-0.2, -0.15) is 13.2 Å². The predicted molar refractivity (Wildman–Crippen MR) is 98.7 cm³/mol. The van der Waals surface area contributed by atoms with Crippen LogP contribution in [0.25, 0.3) is 0 Å². The molecular formula is C18H17F3N4O2S. The van der Waals surface area contributed by atoms with Crippen molar-refractivity contribution in [2.24, 2.45) is 5.73 Å². The van der Waals surface area contributed by atoms with E-state index in [2.05, 4.69) is 10.3 Å². The zero-order valence-corrected chi connectivity index (χ0v) is 15.6. The number of rotatable bonds is 5. The number of carbonyl (C=O) groups is 2. The summed E-state index contributed by atoms with van der Waals surface area (Å²) in [6.07, 6.45) is 1.59. The van der Waals surface area contributed by atoms with Gasteiger partial charge in [0.25, 0.3) is 5.91 Å². The zero-order chi connectivity index (χ0) is 20.5. The molecule has 10 heteroatoms. The highest BCUT2D eigenvalue weighted by Gasteiger charge is 2.42. The molecule has 1 aliphatic rings. The maximum absolute atomic E-state index is 12.8. The van der Waals surface area contributed by atoms with Crippen LogP contribution >= 0.6 is 11.8 Å². The van der Waals surface area contributed by atoms with Crippen LogP contribution in [0.15, 0.2) is 47.5 Å².